The molecule has 0 saturated carbocycles. The van der Waals surface area contributed by atoms with Gasteiger partial charge in [0, 0.05) is 17.1 Å². The second kappa shape index (κ2) is 36.9. The maximum Gasteiger partial charge on any atom is 1.00 e. The molecule has 34 valence electrons. The summed E-state index contributed by atoms with van der Waals surface area (Å²) in [7, 11) is 0. The van der Waals surface area contributed by atoms with Crippen LogP contribution in [0, 0.1) is 0 Å². The van der Waals surface area contributed by atoms with Crippen molar-refractivity contribution in [3.63, 3.8) is 0 Å². The van der Waals surface area contributed by atoms with Crippen LogP contribution >= 0.6 is 0 Å². The first-order valence-electron chi connectivity index (χ1n) is 0. The molecule has 0 rings (SSSR count). The van der Waals surface area contributed by atoms with E-state index in [2.05, 4.69) is 0 Å². The summed E-state index contributed by atoms with van der Waals surface area (Å²) in [5.41, 5.74) is 0. The molecule has 0 amide bonds. The van der Waals surface area contributed by atoms with Crippen molar-refractivity contribution in [3.05, 3.63) is 0 Å². The Morgan fingerprint density at radius 1 is 0.800 bits per heavy atom. The Hall–Kier alpha value is 2.04. The molecule has 0 fully saturated rings. The van der Waals surface area contributed by atoms with Gasteiger partial charge in [0.2, 0.25) is 0 Å². The van der Waals surface area contributed by atoms with Gasteiger partial charge < -0.3 is 17.9 Å². The summed E-state index contributed by atoms with van der Waals surface area (Å²) in [6.45, 7) is 0. The van der Waals surface area contributed by atoms with Crippen molar-refractivity contribution in [2.75, 3.05) is 0 Å². The normalized spacial score (nSPS) is 0. The molecule has 0 aliphatic carbocycles. The monoisotopic (exact) mass is 150 g/mol. The quantitative estimate of drug-likeness (QED) is 0.308. The van der Waals surface area contributed by atoms with Gasteiger partial charge in [0.25, 0.3) is 0 Å². The van der Waals surface area contributed by atoms with E-state index in [1.807, 2.05) is 0 Å². The third-order valence-electron chi connectivity index (χ3n) is 0. The molecule has 0 saturated heterocycles. The van der Waals surface area contributed by atoms with Crippen LogP contribution in [0.1, 0.15) is 1.43 Å². The summed E-state index contributed by atoms with van der Waals surface area (Å²) in [4.78, 5) is 0. The van der Waals surface area contributed by atoms with Crippen molar-refractivity contribution in [1.82, 2.24) is 0 Å². The zero-order valence-electron chi connectivity index (χ0n) is 3.85. The van der Waals surface area contributed by atoms with E-state index in [9.17, 15) is 0 Å². The van der Waals surface area contributed by atoms with Crippen molar-refractivity contribution < 1.29 is 86.3 Å². The number of hydrogen-bond acceptors (Lipinski definition) is 0. The summed E-state index contributed by atoms with van der Waals surface area (Å²) in [5.74, 6) is 0. The predicted molar refractivity (Wildman–Crippen MR) is 12.0 cm³/mol. The Bertz CT molecular complexity index is 10.8. The minimum atomic E-state index is 0. The minimum absolute atomic E-state index is 0. The van der Waals surface area contributed by atoms with Crippen LogP contribution in [0.5, 0.6) is 0 Å². The summed E-state index contributed by atoms with van der Waals surface area (Å²) in [6.07, 6.45) is 0. The fraction of sp³-hybridized carbons (Fsp3) is 0. The van der Waals surface area contributed by atoms with E-state index in [0.29, 0.717) is 0 Å². The molecule has 0 spiro atoms. The van der Waals surface area contributed by atoms with Crippen molar-refractivity contribution in [3.8, 4) is 0 Å². The summed E-state index contributed by atoms with van der Waals surface area (Å²) in [6, 6.07) is 0. The van der Waals surface area contributed by atoms with Crippen LogP contribution in [0.4, 0.5) is 0 Å². The van der Waals surface area contributed by atoms with Gasteiger partial charge in [0.15, 0.2) is 0 Å². The molecular weight excluding hydrogens is 143 g/mol. The van der Waals surface area contributed by atoms with E-state index < -0.39 is 0 Å². The summed E-state index contributed by atoms with van der Waals surface area (Å²) >= 11 is 0. The molecule has 0 atom stereocenters. The second-order valence-corrected chi connectivity index (χ2v) is 0. The average molecular weight is 150 g/mol. The molecule has 0 heterocycles. The first kappa shape index (κ1) is 61.8. The van der Waals surface area contributed by atoms with Gasteiger partial charge in [-0.25, -0.2) is 0 Å². The number of hydrogen-bond donors (Lipinski definition) is 0. The van der Waals surface area contributed by atoms with Gasteiger partial charge in [-0.1, -0.05) is 0 Å². The summed E-state index contributed by atoms with van der Waals surface area (Å²) < 4.78 is 0. The fourth-order valence-corrected chi connectivity index (χ4v) is 0. The topological polar surface area (TPSA) is 94.5 Å². The third-order valence-corrected chi connectivity index (χ3v) is 0. The molecule has 0 aromatic heterocycles. The first-order valence-corrected chi connectivity index (χ1v) is 0. The smallest absolute Gasteiger partial charge is 1.00 e. The molecule has 0 bridgehead atoms. The first-order chi connectivity index (χ1) is 0. The largest absolute Gasteiger partial charge is 1.00 e. The molecule has 5 heavy (non-hydrogen) atoms. The Balaban J connectivity index is 0. The van der Waals surface area contributed by atoms with E-state index in [1.165, 1.54) is 0 Å². The van der Waals surface area contributed by atoms with Crippen LogP contribution in [0.3, 0.4) is 0 Å². The average Bonchev–Trinajstić information content (AvgIpc) is 0. The standard InChI is InChI=1S/Fe.K.3H2O.H/h;;3*1H2;/q;+1;;;;-1. The van der Waals surface area contributed by atoms with Gasteiger partial charge in [0.1, 0.15) is 0 Å². The van der Waals surface area contributed by atoms with Crippen LogP contribution in [0.15, 0.2) is 0 Å². The second-order valence-electron chi connectivity index (χ2n) is 0. The van der Waals surface area contributed by atoms with Crippen molar-refractivity contribution in [2.24, 2.45) is 0 Å². The minimum Gasteiger partial charge on any atom is -1.00 e. The number of rotatable bonds is 0. The molecule has 3 nitrogen and oxygen atoms in total. The maximum atomic E-state index is 0. The Morgan fingerprint density at radius 3 is 0.800 bits per heavy atom. The maximum absolute atomic E-state index is 0. The molecule has 0 unspecified atom stereocenters. The van der Waals surface area contributed by atoms with Crippen molar-refractivity contribution in [2.45, 2.75) is 0 Å². The van der Waals surface area contributed by atoms with Crippen LogP contribution in [0.25, 0.3) is 0 Å². The molecule has 0 aliphatic heterocycles. The Kier molecular flexibility index (Phi) is 457. The molecule has 0 aromatic rings. The van der Waals surface area contributed by atoms with Gasteiger partial charge in [-0.15, -0.1) is 0 Å². The molecule has 0 aromatic carbocycles. The zero-order valence-corrected chi connectivity index (χ0v) is 7.08. The van der Waals surface area contributed by atoms with E-state index in [1.54, 1.807) is 0 Å². The van der Waals surface area contributed by atoms with Crippen LogP contribution in [-0.4, -0.2) is 16.4 Å². The molecule has 5 heteroatoms. The van der Waals surface area contributed by atoms with Crippen LogP contribution < -0.4 is 51.4 Å². The van der Waals surface area contributed by atoms with Crippen molar-refractivity contribution in [1.29, 1.82) is 0 Å². The van der Waals surface area contributed by atoms with Crippen LogP contribution in [-0.2, 0) is 17.1 Å². The van der Waals surface area contributed by atoms with Gasteiger partial charge in [-0.05, 0) is 0 Å². The van der Waals surface area contributed by atoms with E-state index in [-0.39, 0.29) is 86.3 Å². The van der Waals surface area contributed by atoms with E-state index in [0.717, 1.165) is 0 Å². The Morgan fingerprint density at radius 2 is 0.800 bits per heavy atom. The van der Waals surface area contributed by atoms with Gasteiger partial charge in [-0.3, -0.25) is 0 Å². The van der Waals surface area contributed by atoms with Gasteiger partial charge in [0.05, 0.1) is 0 Å². The third kappa shape index (κ3) is 23.7. The van der Waals surface area contributed by atoms with Gasteiger partial charge in [-0.2, -0.15) is 0 Å². The molecule has 0 aliphatic rings. The van der Waals surface area contributed by atoms with E-state index >= 15 is 0 Å². The van der Waals surface area contributed by atoms with E-state index in [4.69, 9.17) is 0 Å². The van der Waals surface area contributed by atoms with Crippen LogP contribution in [0.2, 0.25) is 0 Å². The van der Waals surface area contributed by atoms with Gasteiger partial charge >= 0.3 is 51.4 Å². The summed E-state index contributed by atoms with van der Waals surface area (Å²) in [5, 5.41) is 0. The fourth-order valence-electron chi connectivity index (χ4n) is 0. The SMILES string of the molecule is O.O.O.[Fe].[H-].[K+]. The predicted octanol–water partition coefficient (Wildman–Crippen LogP) is -5.36. The molecular formula is H7FeKO3. The molecule has 0 radical (unpaired) electrons. The van der Waals surface area contributed by atoms with Crippen molar-refractivity contribution >= 4 is 0 Å². The molecule has 6 N–H and O–H groups in total. The zero-order chi connectivity index (χ0) is 0. The Labute approximate surface area is 84.8 Å².